The maximum absolute atomic E-state index is 12.6. The van der Waals surface area contributed by atoms with Crippen LogP contribution in [0.1, 0.15) is 45.9 Å². The SMILES string of the molecule is Cc1nc(NC(=O)C(C)(C)Oc2ccc(C(C)(C)C)cc2)ccc1Br. The molecule has 0 aliphatic rings. The smallest absolute Gasteiger partial charge is 0.269 e. The average Bonchev–Trinajstić information content (AvgIpc) is 2.50. The van der Waals surface area contributed by atoms with E-state index in [2.05, 4.69) is 47.0 Å². The van der Waals surface area contributed by atoms with Gasteiger partial charge in [-0.05, 0) is 71.9 Å². The number of aryl methyl sites for hydroxylation is 1. The van der Waals surface area contributed by atoms with Gasteiger partial charge in [-0.3, -0.25) is 4.79 Å². The van der Waals surface area contributed by atoms with E-state index in [-0.39, 0.29) is 11.3 Å². The van der Waals surface area contributed by atoms with Crippen LogP contribution in [0.5, 0.6) is 5.75 Å². The van der Waals surface area contributed by atoms with Gasteiger partial charge in [-0.15, -0.1) is 0 Å². The first-order valence-electron chi connectivity index (χ1n) is 8.23. The zero-order chi connectivity index (χ0) is 18.8. The molecular formula is C20H25BrN2O2. The predicted octanol–water partition coefficient (Wildman–Crippen LogP) is 5.25. The molecule has 25 heavy (non-hydrogen) atoms. The summed E-state index contributed by atoms with van der Waals surface area (Å²) >= 11 is 3.40. The third-order valence-corrected chi connectivity index (χ3v) is 4.74. The van der Waals surface area contributed by atoms with Crippen LogP contribution in [0, 0.1) is 6.92 Å². The molecule has 2 aromatic rings. The molecule has 134 valence electrons. The fourth-order valence-corrected chi connectivity index (χ4v) is 2.47. The van der Waals surface area contributed by atoms with Crippen molar-refractivity contribution in [3.05, 3.63) is 52.1 Å². The number of pyridine rings is 1. The van der Waals surface area contributed by atoms with Gasteiger partial charge in [-0.2, -0.15) is 0 Å². The molecule has 0 bridgehead atoms. The molecule has 1 amide bonds. The zero-order valence-corrected chi connectivity index (χ0v) is 17.2. The molecule has 0 spiro atoms. The van der Waals surface area contributed by atoms with Crippen LogP contribution in [0.3, 0.4) is 0 Å². The van der Waals surface area contributed by atoms with Crippen molar-refractivity contribution in [2.75, 3.05) is 5.32 Å². The largest absolute Gasteiger partial charge is 0.478 e. The third-order valence-electron chi connectivity index (χ3n) is 3.90. The topological polar surface area (TPSA) is 51.2 Å². The number of ether oxygens (including phenoxy) is 1. The fourth-order valence-electron chi connectivity index (χ4n) is 2.24. The molecule has 1 aromatic carbocycles. The van der Waals surface area contributed by atoms with Crippen LogP contribution in [0.2, 0.25) is 0 Å². The van der Waals surface area contributed by atoms with Crippen molar-refractivity contribution >= 4 is 27.7 Å². The average molecular weight is 405 g/mol. The lowest BCUT2D eigenvalue weighted by atomic mass is 9.87. The van der Waals surface area contributed by atoms with Crippen LogP contribution >= 0.6 is 15.9 Å². The molecule has 0 unspecified atom stereocenters. The number of amides is 1. The minimum atomic E-state index is -1.02. The molecule has 0 fully saturated rings. The highest BCUT2D eigenvalue weighted by molar-refractivity contribution is 9.10. The Morgan fingerprint density at radius 3 is 2.16 bits per heavy atom. The molecule has 1 aromatic heterocycles. The monoisotopic (exact) mass is 404 g/mol. The summed E-state index contributed by atoms with van der Waals surface area (Å²) in [7, 11) is 0. The highest BCUT2D eigenvalue weighted by Gasteiger charge is 2.30. The lowest BCUT2D eigenvalue weighted by molar-refractivity contribution is -0.128. The summed E-state index contributed by atoms with van der Waals surface area (Å²) in [4.78, 5) is 16.9. The van der Waals surface area contributed by atoms with Gasteiger partial charge < -0.3 is 10.1 Å². The van der Waals surface area contributed by atoms with Crippen molar-refractivity contribution in [2.24, 2.45) is 0 Å². The number of aromatic nitrogens is 1. The number of rotatable bonds is 4. The number of benzene rings is 1. The molecule has 1 heterocycles. The Morgan fingerprint density at radius 1 is 1.04 bits per heavy atom. The second-order valence-corrected chi connectivity index (χ2v) is 8.46. The van der Waals surface area contributed by atoms with E-state index in [1.807, 2.05) is 37.3 Å². The van der Waals surface area contributed by atoms with Gasteiger partial charge in [0.15, 0.2) is 5.60 Å². The van der Waals surface area contributed by atoms with E-state index >= 15 is 0 Å². The Hall–Kier alpha value is -1.88. The van der Waals surface area contributed by atoms with Crippen molar-refractivity contribution in [3.63, 3.8) is 0 Å². The van der Waals surface area contributed by atoms with Gasteiger partial charge in [0.2, 0.25) is 0 Å². The van der Waals surface area contributed by atoms with Crippen molar-refractivity contribution in [1.29, 1.82) is 0 Å². The van der Waals surface area contributed by atoms with Crippen LogP contribution in [-0.4, -0.2) is 16.5 Å². The van der Waals surface area contributed by atoms with Crippen molar-refractivity contribution < 1.29 is 9.53 Å². The maximum Gasteiger partial charge on any atom is 0.269 e. The molecule has 0 saturated carbocycles. The zero-order valence-electron chi connectivity index (χ0n) is 15.6. The molecule has 0 aliphatic heterocycles. The first-order chi connectivity index (χ1) is 11.5. The number of nitrogens with one attached hydrogen (secondary N) is 1. The summed E-state index contributed by atoms with van der Waals surface area (Å²) in [6, 6.07) is 11.5. The summed E-state index contributed by atoms with van der Waals surface area (Å²) in [5, 5.41) is 2.81. The highest BCUT2D eigenvalue weighted by atomic mass is 79.9. The van der Waals surface area contributed by atoms with Gasteiger partial charge in [0, 0.05) is 4.47 Å². The molecule has 2 rings (SSSR count). The second kappa shape index (κ2) is 7.16. The van der Waals surface area contributed by atoms with Gasteiger partial charge >= 0.3 is 0 Å². The summed E-state index contributed by atoms with van der Waals surface area (Å²) in [6.45, 7) is 11.8. The molecule has 0 radical (unpaired) electrons. The van der Waals surface area contributed by atoms with E-state index in [0.717, 1.165) is 10.2 Å². The fraction of sp³-hybridized carbons (Fsp3) is 0.400. The Labute approximate surface area is 158 Å². The molecule has 1 N–H and O–H groups in total. The van der Waals surface area contributed by atoms with Gasteiger partial charge in [-0.25, -0.2) is 4.98 Å². The summed E-state index contributed by atoms with van der Waals surface area (Å²) < 4.78 is 6.81. The van der Waals surface area contributed by atoms with Crippen LogP contribution in [0.4, 0.5) is 5.82 Å². The Kier molecular flexibility index (Phi) is 5.57. The predicted molar refractivity (Wildman–Crippen MR) is 105 cm³/mol. The lowest BCUT2D eigenvalue weighted by Gasteiger charge is -2.26. The Morgan fingerprint density at radius 2 is 1.64 bits per heavy atom. The van der Waals surface area contributed by atoms with Crippen LogP contribution in [-0.2, 0) is 10.2 Å². The quantitative estimate of drug-likeness (QED) is 0.756. The highest BCUT2D eigenvalue weighted by Crippen LogP contribution is 2.26. The minimum Gasteiger partial charge on any atom is -0.478 e. The van der Waals surface area contributed by atoms with Crippen molar-refractivity contribution in [2.45, 2.75) is 52.6 Å². The van der Waals surface area contributed by atoms with E-state index in [1.54, 1.807) is 19.9 Å². The number of hydrogen-bond donors (Lipinski definition) is 1. The molecule has 0 atom stereocenters. The molecule has 0 saturated heterocycles. The van der Waals surface area contributed by atoms with Gasteiger partial charge in [-0.1, -0.05) is 32.9 Å². The summed E-state index contributed by atoms with van der Waals surface area (Å²) in [5.41, 5.74) is 1.09. The van der Waals surface area contributed by atoms with Crippen LogP contribution in [0.15, 0.2) is 40.9 Å². The van der Waals surface area contributed by atoms with E-state index in [0.29, 0.717) is 11.6 Å². The van der Waals surface area contributed by atoms with E-state index in [9.17, 15) is 4.79 Å². The van der Waals surface area contributed by atoms with Crippen LogP contribution in [0.25, 0.3) is 0 Å². The molecule has 5 heteroatoms. The molecular weight excluding hydrogens is 380 g/mol. The second-order valence-electron chi connectivity index (χ2n) is 7.60. The normalized spacial score (nSPS) is 12.0. The maximum atomic E-state index is 12.6. The van der Waals surface area contributed by atoms with Gasteiger partial charge in [0.05, 0.1) is 5.69 Å². The number of hydrogen-bond acceptors (Lipinski definition) is 3. The van der Waals surface area contributed by atoms with Crippen molar-refractivity contribution in [1.82, 2.24) is 4.98 Å². The first-order valence-corrected chi connectivity index (χ1v) is 9.02. The standard InChI is InChI=1S/C20H25BrN2O2/c1-13-16(21)11-12-17(22-13)23-18(24)20(5,6)25-15-9-7-14(8-10-15)19(2,3)4/h7-12H,1-6H3,(H,22,23,24). The van der Waals surface area contributed by atoms with Gasteiger partial charge in [0.1, 0.15) is 11.6 Å². The number of nitrogens with zero attached hydrogens (tertiary/aromatic N) is 1. The van der Waals surface area contributed by atoms with E-state index in [4.69, 9.17) is 4.74 Å². The summed E-state index contributed by atoms with van der Waals surface area (Å²) in [6.07, 6.45) is 0. The molecule has 0 aliphatic carbocycles. The molecule has 4 nitrogen and oxygen atoms in total. The first kappa shape index (κ1) is 19.4. The third kappa shape index (κ3) is 5.05. The Bertz CT molecular complexity index is 762. The number of carbonyl (C=O) groups excluding carboxylic acids is 1. The lowest BCUT2D eigenvalue weighted by Crippen LogP contribution is -2.42. The number of halogens is 1. The Balaban J connectivity index is 2.09. The van der Waals surface area contributed by atoms with Crippen molar-refractivity contribution in [3.8, 4) is 5.75 Å². The number of carbonyl (C=O) groups is 1. The van der Waals surface area contributed by atoms with Crippen LogP contribution < -0.4 is 10.1 Å². The minimum absolute atomic E-state index is 0.0799. The summed E-state index contributed by atoms with van der Waals surface area (Å²) in [5.74, 6) is 0.917. The van der Waals surface area contributed by atoms with E-state index in [1.165, 1.54) is 5.56 Å². The van der Waals surface area contributed by atoms with E-state index < -0.39 is 5.60 Å². The van der Waals surface area contributed by atoms with Gasteiger partial charge in [0.25, 0.3) is 5.91 Å². The number of anilines is 1.